The van der Waals surface area contributed by atoms with Crippen LogP contribution in [0.2, 0.25) is 5.02 Å². The fourth-order valence-electron chi connectivity index (χ4n) is 3.65. The monoisotopic (exact) mass is 335 g/mol. The zero-order chi connectivity index (χ0) is 16.1. The Kier molecular flexibility index (Phi) is 5.79. The minimum atomic E-state index is -0.00663. The van der Waals surface area contributed by atoms with Crippen molar-refractivity contribution in [3.05, 3.63) is 29.3 Å². The first kappa shape index (κ1) is 16.6. The first-order valence-corrected chi connectivity index (χ1v) is 9.16. The van der Waals surface area contributed by atoms with E-state index in [1.54, 1.807) is 12.1 Å². The lowest BCUT2D eigenvalue weighted by molar-refractivity contribution is 0.105. The molecule has 1 N–H and O–H groups in total. The van der Waals surface area contributed by atoms with E-state index < -0.39 is 0 Å². The van der Waals surface area contributed by atoms with Gasteiger partial charge < -0.3 is 10.2 Å². The number of halogens is 1. The number of hydrogen-bond donors (Lipinski definition) is 1. The lowest BCUT2D eigenvalue weighted by Crippen LogP contribution is -2.52. The van der Waals surface area contributed by atoms with Crippen LogP contribution < -0.4 is 5.32 Å². The average Bonchev–Trinajstić information content (AvgIpc) is 2.86. The molecule has 2 aliphatic rings. The maximum atomic E-state index is 12.4. The Hall–Kier alpha value is -1.26. The third kappa shape index (κ3) is 4.61. The van der Waals surface area contributed by atoms with Crippen LogP contribution in [0.1, 0.15) is 38.5 Å². The van der Waals surface area contributed by atoms with Crippen molar-refractivity contribution in [3.8, 4) is 0 Å². The molecule has 0 aromatic heterocycles. The molecular weight excluding hydrogens is 310 g/mol. The van der Waals surface area contributed by atoms with Crippen LogP contribution in [-0.2, 0) is 0 Å². The Morgan fingerprint density at radius 2 is 1.57 bits per heavy atom. The second-order valence-electron chi connectivity index (χ2n) is 6.61. The second-order valence-corrected chi connectivity index (χ2v) is 7.04. The van der Waals surface area contributed by atoms with E-state index in [4.69, 9.17) is 11.6 Å². The van der Waals surface area contributed by atoms with Gasteiger partial charge in [-0.3, -0.25) is 4.90 Å². The van der Waals surface area contributed by atoms with Gasteiger partial charge >= 0.3 is 6.03 Å². The van der Waals surface area contributed by atoms with Crippen molar-refractivity contribution >= 4 is 23.3 Å². The SMILES string of the molecule is O=C(Nc1ccc(Cl)cc1)N1CCN(C2CCCCCC2)CC1. The van der Waals surface area contributed by atoms with E-state index in [2.05, 4.69) is 10.2 Å². The van der Waals surface area contributed by atoms with Gasteiger partial charge in [0.2, 0.25) is 0 Å². The zero-order valence-corrected chi connectivity index (χ0v) is 14.4. The summed E-state index contributed by atoms with van der Waals surface area (Å²) in [6, 6.07) is 7.98. The van der Waals surface area contributed by atoms with E-state index >= 15 is 0 Å². The van der Waals surface area contributed by atoms with Gasteiger partial charge in [0.25, 0.3) is 0 Å². The van der Waals surface area contributed by atoms with Crippen LogP contribution >= 0.6 is 11.6 Å². The fourth-order valence-corrected chi connectivity index (χ4v) is 3.77. The number of benzene rings is 1. The van der Waals surface area contributed by atoms with Crippen LogP contribution in [0.25, 0.3) is 0 Å². The summed E-state index contributed by atoms with van der Waals surface area (Å²) in [4.78, 5) is 16.9. The first-order chi connectivity index (χ1) is 11.2. The second kappa shape index (κ2) is 8.02. The predicted octanol–water partition coefficient (Wildman–Crippen LogP) is 4.21. The van der Waals surface area contributed by atoms with Crippen molar-refractivity contribution in [2.24, 2.45) is 0 Å². The molecule has 0 radical (unpaired) electrons. The van der Waals surface area contributed by atoms with E-state index in [9.17, 15) is 4.79 Å². The molecule has 0 atom stereocenters. The van der Waals surface area contributed by atoms with Gasteiger partial charge in [-0.05, 0) is 37.1 Å². The molecule has 1 heterocycles. The number of piperazine rings is 1. The quantitative estimate of drug-likeness (QED) is 0.822. The van der Waals surface area contributed by atoms with Gasteiger partial charge in [0.15, 0.2) is 0 Å². The lowest BCUT2D eigenvalue weighted by atomic mass is 10.1. The Labute approximate surface area is 143 Å². The van der Waals surface area contributed by atoms with Crippen LogP contribution in [0.4, 0.5) is 10.5 Å². The lowest BCUT2D eigenvalue weighted by Gasteiger charge is -2.39. The maximum absolute atomic E-state index is 12.4. The highest BCUT2D eigenvalue weighted by atomic mass is 35.5. The number of nitrogens with one attached hydrogen (secondary N) is 1. The van der Waals surface area contributed by atoms with E-state index in [0.29, 0.717) is 5.02 Å². The molecule has 0 unspecified atom stereocenters. The van der Waals surface area contributed by atoms with Crippen molar-refractivity contribution in [2.45, 2.75) is 44.6 Å². The Balaban J connectivity index is 1.48. The molecule has 5 heteroatoms. The van der Waals surface area contributed by atoms with Crippen molar-refractivity contribution in [3.63, 3.8) is 0 Å². The number of urea groups is 1. The van der Waals surface area contributed by atoms with Crippen molar-refractivity contribution in [1.29, 1.82) is 0 Å². The molecule has 0 spiro atoms. The number of rotatable bonds is 2. The summed E-state index contributed by atoms with van der Waals surface area (Å²) < 4.78 is 0. The summed E-state index contributed by atoms with van der Waals surface area (Å²) >= 11 is 5.87. The summed E-state index contributed by atoms with van der Waals surface area (Å²) in [5.74, 6) is 0. The van der Waals surface area contributed by atoms with Crippen molar-refractivity contribution in [1.82, 2.24) is 9.80 Å². The van der Waals surface area contributed by atoms with Crippen LogP contribution in [0.15, 0.2) is 24.3 Å². The predicted molar refractivity (Wildman–Crippen MR) is 95.1 cm³/mol. The highest BCUT2D eigenvalue weighted by Crippen LogP contribution is 2.23. The minimum absolute atomic E-state index is 0.00663. The third-order valence-corrected chi connectivity index (χ3v) is 5.29. The number of carbonyl (C=O) groups excluding carboxylic acids is 1. The largest absolute Gasteiger partial charge is 0.322 e. The van der Waals surface area contributed by atoms with E-state index in [1.165, 1.54) is 38.5 Å². The number of hydrogen-bond acceptors (Lipinski definition) is 2. The highest BCUT2D eigenvalue weighted by molar-refractivity contribution is 6.30. The van der Waals surface area contributed by atoms with Gasteiger partial charge in [-0.25, -0.2) is 4.79 Å². The Morgan fingerprint density at radius 3 is 2.17 bits per heavy atom. The molecular formula is C18H26ClN3O. The van der Waals surface area contributed by atoms with Crippen LogP contribution in [-0.4, -0.2) is 48.1 Å². The molecule has 3 rings (SSSR count). The number of nitrogens with zero attached hydrogens (tertiary/aromatic N) is 2. The van der Waals surface area contributed by atoms with Gasteiger partial charge in [0, 0.05) is 42.9 Å². The normalized spacial score (nSPS) is 21.0. The molecule has 1 aromatic carbocycles. The topological polar surface area (TPSA) is 35.6 Å². The maximum Gasteiger partial charge on any atom is 0.321 e. The molecule has 23 heavy (non-hydrogen) atoms. The zero-order valence-electron chi connectivity index (χ0n) is 13.6. The summed E-state index contributed by atoms with van der Waals surface area (Å²) in [5.41, 5.74) is 0.797. The number of carbonyl (C=O) groups is 1. The molecule has 2 fully saturated rings. The smallest absolute Gasteiger partial charge is 0.321 e. The van der Waals surface area contributed by atoms with Crippen LogP contribution in [0.3, 0.4) is 0 Å². The van der Waals surface area contributed by atoms with Crippen LogP contribution in [0, 0.1) is 0 Å². The standard InChI is InChI=1S/C18H26ClN3O/c19-15-7-9-16(10-8-15)20-18(23)22-13-11-21(12-14-22)17-5-3-1-2-4-6-17/h7-10,17H,1-6,11-14H2,(H,20,23). The molecule has 1 aliphatic heterocycles. The highest BCUT2D eigenvalue weighted by Gasteiger charge is 2.26. The fraction of sp³-hybridized carbons (Fsp3) is 0.611. The minimum Gasteiger partial charge on any atom is -0.322 e. The summed E-state index contributed by atoms with van der Waals surface area (Å²) in [6.45, 7) is 3.63. The molecule has 0 bridgehead atoms. The molecule has 126 valence electrons. The van der Waals surface area contributed by atoms with Crippen molar-refractivity contribution < 1.29 is 4.79 Å². The van der Waals surface area contributed by atoms with Gasteiger partial charge in [-0.15, -0.1) is 0 Å². The summed E-state index contributed by atoms with van der Waals surface area (Å²) in [6.07, 6.45) is 8.16. The van der Waals surface area contributed by atoms with E-state index in [0.717, 1.165) is 37.9 Å². The molecule has 1 aliphatic carbocycles. The summed E-state index contributed by atoms with van der Waals surface area (Å²) in [7, 11) is 0. The number of amides is 2. The third-order valence-electron chi connectivity index (χ3n) is 5.04. The Morgan fingerprint density at radius 1 is 0.957 bits per heavy atom. The van der Waals surface area contributed by atoms with Gasteiger partial charge in [-0.2, -0.15) is 0 Å². The number of anilines is 1. The summed E-state index contributed by atoms with van der Waals surface area (Å²) in [5, 5.41) is 3.63. The Bertz CT molecular complexity index is 504. The van der Waals surface area contributed by atoms with Gasteiger partial charge in [0.05, 0.1) is 0 Å². The average molecular weight is 336 g/mol. The van der Waals surface area contributed by atoms with E-state index in [-0.39, 0.29) is 6.03 Å². The molecule has 4 nitrogen and oxygen atoms in total. The molecule has 1 aromatic rings. The molecule has 2 amide bonds. The van der Waals surface area contributed by atoms with E-state index in [1.807, 2.05) is 17.0 Å². The molecule has 1 saturated carbocycles. The van der Waals surface area contributed by atoms with Crippen molar-refractivity contribution in [2.75, 3.05) is 31.5 Å². The molecule has 1 saturated heterocycles. The van der Waals surface area contributed by atoms with Gasteiger partial charge in [-0.1, -0.05) is 37.3 Å². The first-order valence-electron chi connectivity index (χ1n) is 8.78. The van der Waals surface area contributed by atoms with Gasteiger partial charge in [0.1, 0.15) is 0 Å². The van der Waals surface area contributed by atoms with Crippen LogP contribution in [0.5, 0.6) is 0 Å².